The van der Waals surface area contributed by atoms with Crippen molar-refractivity contribution in [3.8, 4) is 0 Å². The van der Waals surface area contributed by atoms with Gasteiger partial charge >= 0.3 is 0 Å². The lowest BCUT2D eigenvalue weighted by atomic mass is 10.2. The summed E-state index contributed by atoms with van der Waals surface area (Å²) in [7, 11) is 1.54. The summed E-state index contributed by atoms with van der Waals surface area (Å²) in [5.41, 5.74) is 0.878. The lowest BCUT2D eigenvalue weighted by molar-refractivity contribution is 0.214. The highest BCUT2D eigenvalue weighted by Gasteiger charge is 1.90. The highest BCUT2D eigenvalue weighted by Crippen LogP contribution is 1.97. The average Bonchev–Trinajstić information content (AvgIpc) is 1.91. The molecule has 0 aromatic rings. The van der Waals surface area contributed by atoms with E-state index in [-0.39, 0.29) is 0 Å². The molecule has 2 heteroatoms. The van der Waals surface area contributed by atoms with E-state index in [0.717, 1.165) is 12.1 Å². The number of hydrogen-bond acceptors (Lipinski definition) is 2. The summed E-state index contributed by atoms with van der Waals surface area (Å²) in [5, 5.41) is 3.73. The summed E-state index contributed by atoms with van der Waals surface area (Å²) in [6.07, 6.45) is 8.95. The Labute approximate surface area is 54.5 Å². The second kappa shape index (κ2) is 3.07. The third kappa shape index (κ3) is 1.72. The second-order valence-electron chi connectivity index (χ2n) is 1.74. The largest absolute Gasteiger partial charge is 0.399 e. The van der Waals surface area contributed by atoms with Gasteiger partial charge in [-0.2, -0.15) is 0 Å². The first-order valence-corrected chi connectivity index (χ1v) is 2.87. The van der Waals surface area contributed by atoms with Crippen LogP contribution in [0, 0.1) is 0 Å². The van der Waals surface area contributed by atoms with Gasteiger partial charge in [-0.3, -0.25) is 0 Å². The molecular formula is C7H9NO. The maximum atomic E-state index is 4.57. The van der Waals surface area contributed by atoms with Gasteiger partial charge in [0.25, 0.3) is 0 Å². The predicted molar refractivity (Wildman–Crippen MR) is 37.3 cm³/mol. The molecule has 0 N–H and O–H groups in total. The molecule has 0 aromatic heterocycles. The molecule has 9 heavy (non-hydrogen) atoms. The summed E-state index contributed by atoms with van der Waals surface area (Å²) in [5.74, 6) is 0. The van der Waals surface area contributed by atoms with Crippen molar-refractivity contribution in [1.82, 2.24) is 0 Å². The Morgan fingerprint density at radius 3 is 2.67 bits per heavy atom. The standard InChI is InChI=1S/C7H9NO/c1-9-8-7-5-3-2-4-6-7/h3-6H,2H2,1H3. The lowest BCUT2D eigenvalue weighted by Gasteiger charge is -1.95. The Bertz CT molecular complexity index is 154. The van der Waals surface area contributed by atoms with E-state index in [1.807, 2.05) is 24.3 Å². The van der Waals surface area contributed by atoms with Crippen LogP contribution in [0.3, 0.4) is 0 Å². The van der Waals surface area contributed by atoms with Crippen molar-refractivity contribution in [2.24, 2.45) is 5.16 Å². The zero-order valence-electron chi connectivity index (χ0n) is 5.37. The molecule has 1 rings (SSSR count). The Balaban J connectivity index is 2.59. The topological polar surface area (TPSA) is 21.6 Å². The van der Waals surface area contributed by atoms with E-state index >= 15 is 0 Å². The first-order valence-electron chi connectivity index (χ1n) is 2.87. The van der Waals surface area contributed by atoms with E-state index in [1.165, 1.54) is 0 Å². The van der Waals surface area contributed by atoms with Crippen molar-refractivity contribution in [2.75, 3.05) is 7.11 Å². The minimum absolute atomic E-state index is 0.878. The highest BCUT2D eigenvalue weighted by atomic mass is 16.6. The normalized spacial score (nSPS) is 15.9. The molecule has 0 amide bonds. The number of nitrogens with zero attached hydrogens (tertiary/aromatic N) is 1. The molecule has 0 bridgehead atoms. The average molecular weight is 123 g/mol. The van der Waals surface area contributed by atoms with E-state index in [9.17, 15) is 0 Å². The molecule has 1 aliphatic carbocycles. The minimum Gasteiger partial charge on any atom is -0.399 e. The van der Waals surface area contributed by atoms with E-state index in [0.29, 0.717) is 0 Å². The SMILES string of the molecule is CON=C1C=CCC=C1. The lowest BCUT2D eigenvalue weighted by Crippen LogP contribution is -1.91. The van der Waals surface area contributed by atoms with Crippen LogP contribution in [0.2, 0.25) is 0 Å². The van der Waals surface area contributed by atoms with Crippen molar-refractivity contribution in [1.29, 1.82) is 0 Å². The van der Waals surface area contributed by atoms with Gasteiger partial charge in [0, 0.05) is 0 Å². The van der Waals surface area contributed by atoms with Crippen LogP contribution in [0.5, 0.6) is 0 Å². The van der Waals surface area contributed by atoms with Gasteiger partial charge < -0.3 is 4.84 Å². The van der Waals surface area contributed by atoms with Gasteiger partial charge in [-0.15, -0.1) is 0 Å². The summed E-state index contributed by atoms with van der Waals surface area (Å²) in [6.45, 7) is 0. The van der Waals surface area contributed by atoms with Crippen LogP contribution in [-0.4, -0.2) is 12.8 Å². The fraction of sp³-hybridized carbons (Fsp3) is 0.286. The van der Waals surface area contributed by atoms with Crippen molar-refractivity contribution >= 4 is 5.71 Å². The summed E-state index contributed by atoms with van der Waals surface area (Å²) >= 11 is 0. The fourth-order valence-corrected chi connectivity index (χ4v) is 0.678. The zero-order chi connectivity index (χ0) is 6.53. The van der Waals surface area contributed by atoms with Gasteiger partial charge in [0.15, 0.2) is 0 Å². The molecule has 0 aromatic carbocycles. The molecule has 2 nitrogen and oxygen atoms in total. The molecule has 0 fully saturated rings. The molecule has 48 valence electrons. The summed E-state index contributed by atoms with van der Waals surface area (Å²) in [4.78, 5) is 4.57. The highest BCUT2D eigenvalue weighted by molar-refractivity contribution is 6.04. The molecular weight excluding hydrogens is 114 g/mol. The number of hydrogen-bond donors (Lipinski definition) is 0. The van der Waals surface area contributed by atoms with Crippen LogP contribution in [0.4, 0.5) is 0 Å². The van der Waals surface area contributed by atoms with Gasteiger partial charge in [-0.1, -0.05) is 17.3 Å². The molecule has 0 atom stereocenters. The van der Waals surface area contributed by atoms with Gasteiger partial charge in [0.1, 0.15) is 12.8 Å². The maximum absolute atomic E-state index is 4.57. The third-order valence-electron chi connectivity index (χ3n) is 1.05. The van der Waals surface area contributed by atoms with Gasteiger partial charge in [-0.05, 0) is 18.6 Å². The van der Waals surface area contributed by atoms with Crippen molar-refractivity contribution < 1.29 is 4.84 Å². The van der Waals surface area contributed by atoms with E-state index in [4.69, 9.17) is 0 Å². The molecule has 0 heterocycles. The Morgan fingerprint density at radius 2 is 2.11 bits per heavy atom. The number of allylic oxidation sites excluding steroid dienone is 4. The number of oxime groups is 1. The van der Waals surface area contributed by atoms with Crippen molar-refractivity contribution in [2.45, 2.75) is 6.42 Å². The Kier molecular flexibility index (Phi) is 2.07. The van der Waals surface area contributed by atoms with E-state index in [1.54, 1.807) is 7.11 Å². The van der Waals surface area contributed by atoms with Crippen LogP contribution in [0.1, 0.15) is 6.42 Å². The van der Waals surface area contributed by atoms with Gasteiger partial charge in [0.2, 0.25) is 0 Å². The van der Waals surface area contributed by atoms with Crippen molar-refractivity contribution in [3.63, 3.8) is 0 Å². The summed E-state index contributed by atoms with van der Waals surface area (Å²) < 4.78 is 0. The smallest absolute Gasteiger partial charge is 0.106 e. The molecule has 0 saturated carbocycles. The first kappa shape index (κ1) is 6.08. The number of rotatable bonds is 1. The molecule has 0 saturated heterocycles. The second-order valence-corrected chi connectivity index (χ2v) is 1.74. The molecule has 0 radical (unpaired) electrons. The molecule has 0 unspecified atom stereocenters. The van der Waals surface area contributed by atoms with Crippen molar-refractivity contribution in [3.05, 3.63) is 24.3 Å². The van der Waals surface area contributed by atoms with Crippen LogP contribution < -0.4 is 0 Å². The molecule has 1 aliphatic rings. The van der Waals surface area contributed by atoms with Crippen LogP contribution in [0.15, 0.2) is 29.5 Å². The monoisotopic (exact) mass is 123 g/mol. The van der Waals surface area contributed by atoms with Gasteiger partial charge in [0.05, 0.1) is 0 Å². The van der Waals surface area contributed by atoms with E-state index in [2.05, 4.69) is 9.99 Å². The molecule has 0 aliphatic heterocycles. The summed E-state index contributed by atoms with van der Waals surface area (Å²) in [6, 6.07) is 0. The van der Waals surface area contributed by atoms with Gasteiger partial charge in [-0.25, -0.2) is 0 Å². The van der Waals surface area contributed by atoms with E-state index < -0.39 is 0 Å². The fourth-order valence-electron chi connectivity index (χ4n) is 0.678. The minimum atomic E-state index is 0.878. The Hall–Kier alpha value is -1.05. The van der Waals surface area contributed by atoms with Crippen LogP contribution in [0.25, 0.3) is 0 Å². The zero-order valence-corrected chi connectivity index (χ0v) is 5.37. The molecule has 0 spiro atoms. The quantitative estimate of drug-likeness (QED) is 0.484. The maximum Gasteiger partial charge on any atom is 0.106 e. The third-order valence-corrected chi connectivity index (χ3v) is 1.05. The first-order chi connectivity index (χ1) is 4.43. The van der Waals surface area contributed by atoms with Crippen LogP contribution in [-0.2, 0) is 4.84 Å². The van der Waals surface area contributed by atoms with Crippen LogP contribution >= 0.6 is 0 Å². The predicted octanol–water partition coefficient (Wildman–Crippen LogP) is 1.50. The Morgan fingerprint density at radius 1 is 1.44 bits per heavy atom.